The van der Waals surface area contributed by atoms with Crippen LogP contribution in [-0.2, 0) is 0 Å². The van der Waals surface area contributed by atoms with E-state index in [9.17, 15) is 0 Å². The molecular formula is C6H15NS2. The second kappa shape index (κ2) is 6.78. The standard InChI is InChI=1S/C6H15NS2/c1-7(2)4-5-9-6-8-3/h4-6H2,1-3H3. The molecule has 56 valence electrons. The van der Waals surface area contributed by atoms with Crippen LogP contribution in [-0.4, -0.2) is 42.6 Å². The summed E-state index contributed by atoms with van der Waals surface area (Å²) in [6, 6.07) is 0. The molecule has 0 aliphatic rings. The highest BCUT2D eigenvalue weighted by Gasteiger charge is 1.88. The fourth-order valence-corrected chi connectivity index (χ4v) is 2.02. The van der Waals surface area contributed by atoms with E-state index in [-0.39, 0.29) is 0 Å². The van der Waals surface area contributed by atoms with Crippen molar-refractivity contribution < 1.29 is 0 Å². The summed E-state index contributed by atoms with van der Waals surface area (Å²) >= 11 is 3.90. The molecule has 0 aromatic carbocycles. The van der Waals surface area contributed by atoms with Crippen molar-refractivity contribution in [2.45, 2.75) is 0 Å². The molecule has 0 rings (SSSR count). The van der Waals surface area contributed by atoms with Crippen molar-refractivity contribution in [1.29, 1.82) is 0 Å². The Bertz CT molecular complexity index is 57.0. The second-order valence-corrected chi connectivity index (χ2v) is 4.45. The molecule has 0 aliphatic heterocycles. The molecule has 0 aliphatic carbocycles. The average molecular weight is 165 g/mol. The topological polar surface area (TPSA) is 3.24 Å². The first-order valence-corrected chi connectivity index (χ1v) is 5.53. The zero-order chi connectivity index (χ0) is 7.11. The van der Waals surface area contributed by atoms with Crippen LogP contribution in [0.2, 0.25) is 0 Å². The van der Waals surface area contributed by atoms with Crippen LogP contribution in [0.1, 0.15) is 0 Å². The van der Waals surface area contributed by atoms with Crippen molar-refractivity contribution >= 4 is 23.5 Å². The predicted octanol–water partition coefficient (Wildman–Crippen LogP) is 1.60. The van der Waals surface area contributed by atoms with E-state index in [2.05, 4.69) is 25.3 Å². The molecule has 0 unspecified atom stereocenters. The van der Waals surface area contributed by atoms with E-state index in [0.717, 1.165) is 0 Å². The molecule has 0 saturated carbocycles. The maximum absolute atomic E-state index is 2.22. The van der Waals surface area contributed by atoms with Crippen molar-refractivity contribution in [3.8, 4) is 0 Å². The van der Waals surface area contributed by atoms with Gasteiger partial charge in [-0.15, -0.1) is 11.8 Å². The van der Waals surface area contributed by atoms with Gasteiger partial charge in [0.05, 0.1) is 0 Å². The van der Waals surface area contributed by atoms with Gasteiger partial charge in [0, 0.05) is 17.4 Å². The number of hydrogen-bond acceptors (Lipinski definition) is 3. The van der Waals surface area contributed by atoms with Gasteiger partial charge in [0.2, 0.25) is 0 Å². The number of hydrogen-bond donors (Lipinski definition) is 0. The third-order valence-electron chi connectivity index (χ3n) is 0.884. The van der Waals surface area contributed by atoms with Crippen LogP contribution in [0.15, 0.2) is 0 Å². The Labute approximate surface area is 66.6 Å². The molecule has 0 amide bonds. The highest BCUT2D eigenvalue weighted by Crippen LogP contribution is 2.07. The summed E-state index contributed by atoms with van der Waals surface area (Å²) in [4.78, 5) is 2.22. The molecular weight excluding hydrogens is 150 g/mol. The summed E-state index contributed by atoms with van der Waals surface area (Å²) in [5, 5.41) is 1.23. The van der Waals surface area contributed by atoms with Crippen molar-refractivity contribution in [2.24, 2.45) is 0 Å². The number of thioether (sulfide) groups is 2. The predicted molar refractivity (Wildman–Crippen MR) is 49.4 cm³/mol. The van der Waals surface area contributed by atoms with Crippen molar-refractivity contribution in [3.05, 3.63) is 0 Å². The molecule has 0 N–H and O–H groups in total. The van der Waals surface area contributed by atoms with E-state index in [1.54, 1.807) is 0 Å². The van der Waals surface area contributed by atoms with Gasteiger partial charge in [-0.25, -0.2) is 0 Å². The summed E-state index contributed by atoms with van der Waals surface area (Å²) in [5.41, 5.74) is 0. The Morgan fingerprint density at radius 1 is 1.33 bits per heavy atom. The quantitative estimate of drug-likeness (QED) is 0.450. The van der Waals surface area contributed by atoms with Crippen LogP contribution < -0.4 is 0 Å². The molecule has 0 radical (unpaired) electrons. The highest BCUT2D eigenvalue weighted by molar-refractivity contribution is 8.15. The Morgan fingerprint density at radius 3 is 2.44 bits per heavy atom. The van der Waals surface area contributed by atoms with E-state index in [0.29, 0.717) is 0 Å². The van der Waals surface area contributed by atoms with Gasteiger partial charge in [0.15, 0.2) is 0 Å². The first kappa shape index (κ1) is 9.66. The van der Waals surface area contributed by atoms with Crippen molar-refractivity contribution in [3.63, 3.8) is 0 Å². The lowest BCUT2D eigenvalue weighted by Gasteiger charge is -2.07. The van der Waals surface area contributed by atoms with E-state index in [1.165, 1.54) is 17.4 Å². The van der Waals surface area contributed by atoms with E-state index in [4.69, 9.17) is 0 Å². The van der Waals surface area contributed by atoms with Crippen molar-refractivity contribution in [1.82, 2.24) is 4.90 Å². The molecule has 0 heterocycles. The minimum absolute atomic E-state index is 1.20. The van der Waals surface area contributed by atoms with Crippen molar-refractivity contribution in [2.75, 3.05) is 37.7 Å². The van der Waals surface area contributed by atoms with E-state index in [1.807, 2.05) is 23.5 Å². The van der Waals surface area contributed by atoms with Crippen LogP contribution in [0, 0.1) is 0 Å². The van der Waals surface area contributed by atoms with Gasteiger partial charge in [0.25, 0.3) is 0 Å². The second-order valence-electron chi connectivity index (χ2n) is 2.12. The van der Waals surface area contributed by atoms with Gasteiger partial charge >= 0.3 is 0 Å². The minimum atomic E-state index is 1.20. The third kappa shape index (κ3) is 8.66. The van der Waals surface area contributed by atoms with Gasteiger partial charge in [0.1, 0.15) is 0 Å². The number of rotatable bonds is 5. The Hall–Kier alpha value is 0.660. The summed E-state index contributed by atoms with van der Waals surface area (Å²) in [7, 11) is 4.22. The van der Waals surface area contributed by atoms with Crippen LogP contribution in [0.4, 0.5) is 0 Å². The van der Waals surface area contributed by atoms with Gasteiger partial charge in [-0.2, -0.15) is 11.8 Å². The molecule has 0 saturated heterocycles. The zero-order valence-electron chi connectivity index (χ0n) is 6.39. The van der Waals surface area contributed by atoms with Gasteiger partial charge in [-0.05, 0) is 20.4 Å². The maximum atomic E-state index is 2.22. The highest BCUT2D eigenvalue weighted by atomic mass is 32.2. The molecule has 0 fully saturated rings. The monoisotopic (exact) mass is 165 g/mol. The lowest BCUT2D eigenvalue weighted by molar-refractivity contribution is 0.437. The van der Waals surface area contributed by atoms with Gasteiger partial charge in [-0.1, -0.05) is 0 Å². The van der Waals surface area contributed by atoms with Crippen LogP contribution >= 0.6 is 23.5 Å². The molecule has 0 aromatic rings. The maximum Gasteiger partial charge on any atom is 0.0389 e. The Morgan fingerprint density at radius 2 is 2.00 bits per heavy atom. The van der Waals surface area contributed by atoms with Gasteiger partial charge in [-0.3, -0.25) is 0 Å². The smallest absolute Gasteiger partial charge is 0.0389 e. The SMILES string of the molecule is CSCSCCN(C)C. The Kier molecular flexibility index (Phi) is 7.27. The normalized spacial score (nSPS) is 10.7. The molecule has 0 bridgehead atoms. The summed E-state index contributed by atoms with van der Waals surface area (Å²) in [6.45, 7) is 1.20. The molecule has 1 nitrogen and oxygen atoms in total. The molecule has 0 spiro atoms. The summed E-state index contributed by atoms with van der Waals surface area (Å²) in [6.07, 6.45) is 2.14. The Balaban J connectivity index is 2.75. The largest absolute Gasteiger partial charge is 0.309 e. The average Bonchev–Trinajstić information content (AvgIpc) is 1.80. The zero-order valence-corrected chi connectivity index (χ0v) is 8.02. The fraction of sp³-hybridized carbons (Fsp3) is 1.00. The minimum Gasteiger partial charge on any atom is -0.309 e. The first-order valence-electron chi connectivity index (χ1n) is 2.98. The fourth-order valence-electron chi connectivity index (χ4n) is 0.389. The molecule has 3 heteroatoms. The number of nitrogens with zero attached hydrogens (tertiary/aromatic N) is 1. The van der Waals surface area contributed by atoms with E-state index < -0.39 is 0 Å². The van der Waals surface area contributed by atoms with E-state index >= 15 is 0 Å². The summed E-state index contributed by atoms with van der Waals surface area (Å²) < 4.78 is 0. The third-order valence-corrected chi connectivity index (χ3v) is 2.96. The van der Waals surface area contributed by atoms with Crippen LogP contribution in [0.5, 0.6) is 0 Å². The molecule has 0 atom stereocenters. The lowest BCUT2D eigenvalue weighted by Crippen LogP contribution is -2.14. The van der Waals surface area contributed by atoms with Crippen LogP contribution in [0.25, 0.3) is 0 Å². The first-order chi connectivity index (χ1) is 4.27. The van der Waals surface area contributed by atoms with Crippen LogP contribution in [0.3, 0.4) is 0 Å². The van der Waals surface area contributed by atoms with Gasteiger partial charge < -0.3 is 4.90 Å². The lowest BCUT2D eigenvalue weighted by atomic mass is 10.7. The molecule has 0 aromatic heterocycles. The summed E-state index contributed by atoms with van der Waals surface area (Å²) in [5.74, 6) is 1.26. The molecule has 9 heavy (non-hydrogen) atoms.